The monoisotopic (exact) mass is 660 g/mol. The first-order chi connectivity index (χ1) is 25.0. The maximum absolute atomic E-state index is 6.73. The van der Waals surface area contributed by atoms with Gasteiger partial charge in [0.1, 0.15) is 11.3 Å². The Labute approximate surface area is 296 Å². The molecular weight excluding hydrogens is 625 g/mol. The van der Waals surface area contributed by atoms with E-state index in [-0.39, 0.29) is 5.92 Å². The lowest BCUT2D eigenvalue weighted by atomic mass is 9.82. The smallest absolute Gasteiger partial charge is 0.178 e. The molecule has 8 aromatic rings. The highest BCUT2D eigenvalue weighted by Crippen LogP contribution is 2.45. The third-order valence-electron chi connectivity index (χ3n) is 10.7. The van der Waals surface area contributed by atoms with E-state index in [1.807, 2.05) is 0 Å². The van der Waals surface area contributed by atoms with E-state index in [0.717, 1.165) is 67.5 Å². The Morgan fingerprint density at radius 3 is 2.10 bits per heavy atom. The molecule has 0 saturated heterocycles. The molecule has 0 radical (unpaired) electrons. The van der Waals surface area contributed by atoms with E-state index in [1.165, 1.54) is 44.6 Å². The molecule has 51 heavy (non-hydrogen) atoms. The molecule has 0 fully saturated rings. The Morgan fingerprint density at radius 2 is 1.33 bits per heavy atom. The maximum Gasteiger partial charge on any atom is 0.178 e. The number of aryl methyl sites for hydroxylation is 3. The standard InChI is InChI=1S/C47H36N2O2/c1-28-10-4-7-13-41(28)48-35-18-16-31-24-39-37-20-21-38-40-25-32-17-19-36(49(42-14-8-5-11-29(42)2)43-15-9-6-12-30(43)3)23-34(32)27-45(40)51-47(38)46(37)50-44(39)26-33(31)22-35/h4-24,26-27,32,48H,25H2,1-3H3. The summed E-state index contributed by atoms with van der Waals surface area (Å²) in [6, 6.07) is 40.9. The average molecular weight is 661 g/mol. The zero-order valence-corrected chi connectivity index (χ0v) is 28.8. The molecular formula is C47H36N2O2. The van der Waals surface area contributed by atoms with Crippen LogP contribution in [-0.4, -0.2) is 0 Å². The lowest BCUT2D eigenvalue weighted by molar-refractivity contribution is 0.577. The van der Waals surface area contributed by atoms with E-state index >= 15 is 0 Å². The van der Waals surface area contributed by atoms with Crippen LogP contribution in [0.5, 0.6) is 0 Å². The van der Waals surface area contributed by atoms with Gasteiger partial charge in [0, 0.05) is 56.1 Å². The van der Waals surface area contributed by atoms with Gasteiger partial charge in [0.25, 0.3) is 0 Å². The Kier molecular flexibility index (Phi) is 6.62. The van der Waals surface area contributed by atoms with E-state index in [9.17, 15) is 0 Å². The lowest BCUT2D eigenvalue weighted by Crippen LogP contribution is -2.21. The van der Waals surface area contributed by atoms with Gasteiger partial charge in [-0.25, -0.2) is 0 Å². The Balaban J connectivity index is 1.06. The van der Waals surface area contributed by atoms with Gasteiger partial charge in [0.2, 0.25) is 0 Å². The quantitative estimate of drug-likeness (QED) is 0.199. The largest absolute Gasteiger partial charge is 0.452 e. The van der Waals surface area contributed by atoms with Gasteiger partial charge in [0.05, 0.1) is 0 Å². The summed E-state index contributed by atoms with van der Waals surface area (Å²) in [7, 11) is 0. The topological polar surface area (TPSA) is 41.6 Å². The number of nitrogens with one attached hydrogen (secondary N) is 1. The van der Waals surface area contributed by atoms with Crippen LogP contribution in [0.3, 0.4) is 0 Å². The van der Waals surface area contributed by atoms with Gasteiger partial charge in [-0.05, 0) is 133 Å². The summed E-state index contributed by atoms with van der Waals surface area (Å²) in [6.45, 7) is 6.48. The molecule has 1 N–H and O–H groups in total. The molecule has 0 saturated carbocycles. The van der Waals surface area contributed by atoms with Crippen molar-refractivity contribution in [1.82, 2.24) is 0 Å². The fourth-order valence-corrected chi connectivity index (χ4v) is 8.01. The number of fused-ring (bicyclic) bond motifs is 9. The first-order valence-electron chi connectivity index (χ1n) is 17.7. The van der Waals surface area contributed by atoms with Gasteiger partial charge >= 0.3 is 0 Å². The molecule has 2 aliphatic rings. The number of hydrogen-bond acceptors (Lipinski definition) is 4. The van der Waals surface area contributed by atoms with Crippen molar-refractivity contribution in [2.75, 3.05) is 10.2 Å². The van der Waals surface area contributed by atoms with Crippen LogP contribution in [0.15, 0.2) is 154 Å². The van der Waals surface area contributed by atoms with E-state index in [0.29, 0.717) is 0 Å². The van der Waals surface area contributed by atoms with Crippen LogP contribution in [0.4, 0.5) is 22.7 Å². The van der Waals surface area contributed by atoms with Crippen LogP contribution in [-0.2, 0) is 6.42 Å². The molecule has 10 rings (SSSR count). The number of anilines is 4. The van der Waals surface area contributed by atoms with Crippen molar-refractivity contribution in [3.8, 4) is 0 Å². The van der Waals surface area contributed by atoms with Crippen molar-refractivity contribution in [1.29, 1.82) is 0 Å². The van der Waals surface area contributed by atoms with Crippen LogP contribution in [0, 0.1) is 26.7 Å². The van der Waals surface area contributed by atoms with Crippen molar-refractivity contribution in [3.63, 3.8) is 0 Å². The third kappa shape index (κ3) is 4.82. The summed E-state index contributed by atoms with van der Waals surface area (Å²) >= 11 is 0. The minimum Gasteiger partial charge on any atom is -0.452 e. The highest BCUT2D eigenvalue weighted by Gasteiger charge is 2.29. The van der Waals surface area contributed by atoms with Gasteiger partial charge in [0.15, 0.2) is 11.2 Å². The van der Waals surface area contributed by atoms with E-state index in [2.05, 4.69) is 171 Å². The second-order valence-corrected chi connectivity index (χ2v) is 14.0. The molecule has 1 unspecified atom stereocenters. The van der Waals surface area contributed by atoms with Crippen LogP contribution < -0.4 is 10.2 Å². The first kappa shape index (κ1) is 29.6. The van der Waals surface area contributed by atoms with Gasteiger partial charge in [-0.1, -0.05) is 66.7 Å². The highest BCUT2D eigenvalue weighted by atomic mass is 16.4. The Hall–Kier alpha value is -6.26. The third-order valence-corrected chi connectivity index (χ3v) is 10.7. The minimum absolute atomic E-state index is 0.275. The maximum atomic E-state index is 6.73. The molecule has 2 aliphatic carbocycles. The van der Waals surface area contributed by atoms with Crippen molar-refractivity contribution >= 4 is 72.5 Å². The van der Waals surface area contributed by atoms with Gasteiger partial charge in [-0.3, -0.25) is 0 Å². The Morgan fingerprint density at radius 1 is 0.627 bits per heavy atom. The van der Waals surface area contributed by atoms with Gasteiger partial charge in [-0.15, -0.1) is 0 Å². The van der Waals surface area contributed by atoms with Crippen LogP contribution in [0.25, 0.3) is 49.8 Å². The predicted molar refractivity (Wildman–Crippen MR) is 212 cm³/mol. The fourth-order valence-electron chi connectivity index (χ4n) is 8.01. The van der Waals surface area contributed by atoms with Crippen molar-refractivity contribution in [2.45, 2.75) is 27.2 Å². The van der Waals surface area contributed by atoms with E-state index in [1.54, 1.807) is 0 Å². The number of benzene rings is 6. The molecule has 0 amide bonds. The zero-order valence-electron chi connectivity index (χ0n) is 28.8. The summed E-state index contributed by atoms with van der Waals surface area (Å²) in [4.78, 5) is 2.38. The number of nitrogens with zero attached hydrogens (tertiary/aromatic N) is 1. The van der Waals surface area contributed by atoms with Crippen LogP contribution in [0.1, 0.15) is 28.0 Å². The van der Waals surface area contributed by atoms with Crippen molar-refractivity contribution < 1.29 is 8.83 Å². The molecule has 6 aromatic carbocycles. The fraction of sp³-hybridized carbons (Fsp3) is 0.106. The molecule has 2 aromatic heterocycles. The molecule has 2 heterocycles. The SMILES string of the molecule is Cc1ccccc1Nc1ccc2cc3c(cc2c1)oc1c3ccc2c3c(oc21)C=C1C=C(N(c2ccccc2C)c2ccccc2C)C=CC1C3. The highest BCUT2D eigenvalue weighted by molar-refractivity contribution is 6.16. The second kappa shape index (κ2) is 11.4. The molecule has 4 nitrogen and oxygen atoms in total. The molecule has 0 spiro atoms. The number of hydrogen-bond donors (Lipinski definition) is 1. The number of allylic oxidation sites excluding steroid dienone is 4. The number of rotatable bonds is 5. The number of para-hydroxylation sites is 3. The first-order valence-corrected chi connectivity index (χ1v) is 17.7. The van der Waals surface area contributed by atoms with Gasteiger partial charge in [-0.2, -0.15) is 0 Å². The van der Waals surface area contributed by atoms with Gasteiger partial charge < -0.3 is 19.1 Å². The molecule has 246 valence electrons. The minimum atomic E-state index is 0.275. The number of furan rings is 2. The van der Waals surface area contributed by atoms with Crippen molar-refractivity contribution in [2.24, 2.45) is 5.92 Å². The zero-order chi connectivity index (χ0) is 34.2. The summed E-state index contributed by atoms with van der Waals surface area (Å²) < 4.78 is 13.4. The lowest BCUT2D eigenvalue weighted by Gasteiger charge is -2.32. The summed E-state index contributed by atoms with van der Waals surface area (Å²) in [6.07, 6.45) is 10.1. The van der Waals surface area contributed by atoms with Crippen LogP contribution >= 0.6 is 0 Å². The van der Waals surface area contributed by atoms with E-state index < -0.39 is 0 Å². The summed E-state index contributed by atoms with van der Waals surface area (Å²) in [5.41, 5.74) is 14.3. The summed E-state index contributed by atoms with van der Waals surface area (Å²) in [5, 5.41) is 9.19. The summed E-state index contributed by atoms with van der Waals surface area (Å²) in [5.74, 6) is 1.20. The average Bonchev–Trinajstić information content (AvgIpc) is 3.69. The predicted octanol–water partition coefficient (Wildman–Crippen LogP) is 13.0. The second-order valence-electron chi connectivity index (χ2n) is 14.0. The van der Waals surface area contributed by atoms with Crippen molar-refractivity contribution in [3.05, 3.63) is 173 Å². The molecule has 0 bridgehead atoms. The van der Waals surface area contributed by atoms with E-state index in [4.69, 9.17) is 8.83 Å². The molecule has 4 heteroatoms. The van der Waals surface area contributed by atoms with Crippen LogP contribution in [0.2, 0.25) is 0 Å². The molecule has 0 aliphatic heterocycles. The Bertz CT molecular complexity index is 2760. The normalized spacial score (nSPS) is 15.2. The molecule has 1 atom stereocenters.